The Balaban J connectivity index is 0.828. The number of aromatic nitrogens is 10. The van der Waals surface area contributed by atoms with E-state index in [1.54, 1.807) is 42.3 Å². The fourth-order valence-electron chi connectivity index (χ4n) is 12.0. The van der Waals surface area contributed by atoms with Crippen LogP contribution in [0, 0.1) is 31.0 Å². The topological polar surface area (TPSA) is 216 Å². The van der Waals surface area contributed by atoms with Gasteiger partial charge in [0.15, 0.2) is 0 Å². The molecule has 6 aromatic carbocycles. The third-order valence-corrected chi connectivity index (χ3v) is 19.3. The Morgan fingerprint density at radius 3 is 1.68 bits per heavy atom. The summed E-state index contributed by atoms with van der Waals surface area (Å²) in [6.45, 7) is 4.02. The highest BCUT2D eigenvalue weighted by Gasteiger charge is 2.47. The van der Waals surface area contributed by atoms with E-state index in [1.807, 2.05) is 85.3 Å². The van der Waals surface area contributed by atoms with Crippen molar-refractivity contribution in [3.63, 3.8) is 0 Å². The molecule has 0 bridgehead atoms. The maximum Gasteiger partial charge on any atom is 0.264 e. The highest BCUT2D eigenvalue weighted by Crippen LogP contribution is 2.45. The van der Waals surface area contributed by atoms with Crippen LogP contribution in [0.25, 0.3) is 33.2 Å². The Bertz CT molecular complexity index is 4270. The van der Waals surface area contributed by atoms with Crippen molar-refractivity contribution >= 4 is 41.9 Å². The van der Waals surface area contributed by atoms with Crippen LogP contribution in [-0.2, 0) is 63.9 Å². The summed E-state index contributed by atoms with van der Waals surface area (Å²) in [6.07, 6.45) is 8.18. The van der Waals surface area contributed by atoms with E-state index in [0.29, 0.717) is 42.5 Å². The van der Waals surface area contributed by atoms with E-state index >= 15 is 4.39 Å². The quantitative estimate of drug-likeness (QED) is 0.106. The second kappa shape index (κ2) is 19.9. The van der Waals surface area contributed by atoms with E-state index < -0.39 is 43.3 Å². The number of aryl methyl sites for hydroxylation is 3. The molecule has 0 radical (unpaired) electrons. The molecule has 2 aliphatic heterocycles. The third-order valence-electron chi connectivity index (χ3n) is 15.8. The van der Waals surface area contributed by atoms with Crippen LogP contribution in [0.2, 0.25) is 0 Å². The first-order chi connectivity index (χ1) is 38.1. The number of benzene rings is 6. The lowest BCUT2D eigenvalue weighted by Crippen LogP contribution is -2.36. The molecule has 0 aliphatic carbocycles. The Morgan fingerprint density at radius 2 is 1.15 bits per heavy atom. The van der Waals surface area contributed by atoms with Crippen LogP contribution < -0.4 is 0 Å². The van der Waals surface area contributed by atoms with E-state index in [9.17, 15) is 27.2 Å². The zero-order valence-corrected chi connectivity index (χ0v) is 45.1. The van der Waals surface area contributed by atoms with Gasteiger partial charge in [-0.05, 0) is 128 Å². The molecule has 2 aliphatic rings. The average molecular weight is 1100 g/mol. The van der Waals surface area contributed by atoms with E-state index in [2.05, 4.69) is 56.8 Å². The Hall–Kier alpha value is -8.26. The number of fused-ring (bicyclic) bond motifs is 2. The number of nitriles is 1. The van der Waals surface area contributed by atoms with Gasteiger partial charge in [-0.25, -0.2) is 30.6 Å². The van der Waals surface area contributed by atoms with Crippen LogP contribution in [0.1, 0.15) is 62.9 Å². The van der Waals surface area contributed by atoms with Gasteiger partial charge < -0.3 is 5.11 Å². The van der Waals surface area contributed by atoms with Gasteiger partial charge in [-0.2, -0.15) is 43.9 Å². The lowest BCUT2D eigenvalue weighted by atomic mass is 9.73. The first kappa shape index (κ1) is 51.5. The van der Waals surface area contributed by atoms with Gasteiger partial charge in [0, 0.05) is 66.0 Å². The Labute approximate surface area is 455 Å². The van der Waals surface area contributed by atoms with Gasteiger partial charge in [0.1, 0.15) is 5.82 Å². The summed E-state index contributed by atoms with van der Waals surface area (Å²) < 4.78 is 79.9. The highest BCUT2D eigenvalue weighted by molar-refractivity contribution is 7.89. The van der Waals surface area contributed by atoms with E-state index in [-0.39, 0.29) is 53.9 Å². The summed E-state index contributed by atoms with van der Waals surface area (Å²) in [6, 6.07) is 40.8. The molecule has 2 fully saturated rings. The van der Waals surface area contributed by atoms with Crippen molar-refractivity contribution in [3.05, 3.63) is 202 Å². The predicted octanol–water partition coefficient (Wildman–Crippen LogP) is 7.40. The standard InChI is InChI=1S/C58H54FN13O5S2/c1-39-21-52-44(31-63-71(52)48-16-10-15-43(23-48)30-60)26-50(39)58(29-42-13-8-5-9-14-42)18-20-69(38-58)79(76,77)55-34-62-70(66-55)35-46-24-49(25-47(36-73)56(46)59)72-53-22-40(2)51(27-45(53)32-64-72)57(28-41-11-6-4-7-12-41)17-19-68(37-57)78(74,75)54-33-61-67(3)65-54/h4-16,21-27,31-34,73H,17-20,28-29,35-38H2,1-3H3. The zero-order chi connectivity index (χ0) is 54.8. The van der Waals surface area contributed by atoms with Gasteiger partial charge in [-0.3, -0.25) is 0 Å². The van der Waals surface area contributed by atoms with E-state index in [4.69, 9.17) is 10.2 Å². The SMILES string of the molecule is Cc1cc2c(cnn2-c2cc(CO)c(F)c(Cn3ncc(S(=O)(=O)N4CCC(Cc5ccccc5)(c5cc6cnn(-c7cccc(C#N)c7)c6cc5C)C4)n3)c2)cc1C1(Cc2ccccc2)CCN(S(=O)(=O)c2cnn(C)n2)C1. The zero-order valence-electron chi connectivity index (χ0n) is 43.5. The van der Waals surface area contributed by atoms with Crippen LogP contribution in [0.3, 0.4) is 0 Å². The molecule has 18 nitrogen and oxygen atoms in total. The number of halogens is 1. The van der Waals surface area contributed by atoms with Crippen LogP contribution in [0.5, 0.6) is 0 Å². The largest absolute Gasteiger partial charge is 0.392 e. The minimum Gasteiger partial charge on any atom is -0.392 e. The molecule has 10 aromatic rings. The van der Waals surface area contributed by atoms with Crippen LogP contribution in [0.4, 0.5) is 4.39 Å². The van der Waals surface area contributed by atoms with Crippen LogP contribution >= 0.6 is 0 Å². The van der Waals surface area contributed by atoms with Crippen LogP contribution in [-0.4, -0.2) is 106 Å². The Morgan fingerprint density at radius 1 is 0.620 bits per heavy atom. The molecule has 2 unspecified atom stereocenters. The maximum atomic E-state index is 16.3. The normalized spacial score (nSPS) is 18.3. The number of rotatable bonds is 15. The maximum absolute atomic E-state index is 16.3. The molecule has 21 heteroatoms. The average Bonchev–Trinajstić information content (AvgIpc) is 4.51. The van der Waals surface area contributed by atoms with E-state index in [1.165, 1.54) is 31.9 Å². The van der Waals surface area contributed by atoms with Crippen molar-refractivity contribution in [2.24, 2.45) is 7.05 Å². The second-order valence-corrected chi connectivity index (χ2v) is 24.7. The molecule has 4 aromatic heterocycles. The molecule has 0 spiro atoms. The molecule has 400 valence electrons. The summed E-state index contributed by atoms with van der Waals surface area (Å²) in [5, 5.41) is 47.7. The number of hydrogen-bond acceptors (Lipinski definition) is 12. The number of aliphatic hydroxyl groups is 1. The van der Waals surface area contributed by atoms with Crippen molar-refractivity contribution in [1.29, 1.82) is 5.26 Å². The molecule has 2 saturated heterocycles. The number of sulfonamides is 2. The summed E-state index contributed by atoms with van der Waals surface area (Å²) in [5.41, 5.74) is 8.13. The minimum atomic E-state index is -4.22. The predicted molar refractivity (Wildman–Crippen MR) is 293 cm³/mol. The molecule has 79 heavy (non-hydrogen) atoms. The molecular weight excluding hydrogens is 1040 g/mol. The summed E-state index contributed by atoms with van der Waals surface area (Å²) in [7, 11) is -6.58. The molecule has 0 amide bonds. The van der Waals surface area contributed by atoms with E-state index in [0.717, 1.165) is 60.2 Å². The van der Waals surface area contributed by atoms with Gasteiger partial charge in [0.25, 0.3) is 20.0 Å². The number of hydrogen-bond donors (Lipinski definition) is 1. The minimum absolute atomic E-state index is 0.00233. The van der Waals surface area contributed by atoms with Gasteiger partial charge in [0.05, 0.1) is 72.0 Å². The molecule has 12 rings (SSSR count). The summed E-state index contributed by atoms with van der Waals surface area (Å²) in [4.78, 5) is 2.38. The smallest absolute Gasteiger partial charge is 0.264 e. The van der Waals surface area contributed by atoms with Crippen molar-refractivity contribution in [3.8, 4) is 17.4 Å². The first-order valence-electron chi connectivity index (χ1n) is 25.8. The lowest BCUT2D eigenvalue weighted by molar-refractivity contribution is 0.275. The summed E-state index contributed by atoms with van der Waals surface area (Å²) >= 11 is 0. The first-order valence-corrected chi connectivity index (χ1v) is 28.7. The monoisotopic (exact) mass is 1100 g/mol. The van der Waals surface area contributed by atoms with Gasteiger partial charge >= 0.3 is 0 Å². The number of nitrogens with zero attached hydrogens (tertiary/aromatic N) is 13. The molecule has 6 heterocycles. The highest BCUT2D eigenvalue weighted by atomic mass is 32.2. The van der Waals surface area contributed by atoms with Gasteiger partial charge in [0.2, 0.25) is 10.1 Å². The molecule has 0 saturated carbocycles. The Kier molecular flexibility index (Phi) is 13.0. The fourth-order valence-corrected chi connectivity index (χ4v) is 14.8. The van der Waals surface area contributed by atoms with Gasteiger partial charge in [-0.1, -0.05) is 66.7 Å². The lowest BCUT2D eigenvalue weighted by Gasteiger charge is -2.32. The second-order valence-electron chi connectivity index (χ2n) is 20.9. The van der Waals surface area contributed by atoms with Crippen molar-refractivity contribution in [2.45, 2.75) is 73.6 Å². The van der Waals surface area contributed by atoms with Crippen molar-refractivity contribution < 1.29 is 26.3 Å². The fraction of sp³-hybridized carbons (Fsp3) is 0.259. The van der Waals surface area contributed by atoms with Crippen molar-refractivity contribution in [1.82, 2.24) is 58.2 Å². The number of aliphatic hydroxyl groups excluding tert-OH is 1. The van der Waals surface area contributed by atoms with Gasteiger partial charge in [-0.15, -0.1) is 10.2 Å². The third kappa shape index (κ3) is 9.28. The van der Waals surface area contributed by atoms with Crippen molar-refractivity contribution in [2.75, 3.05) is 26.2 Å². The van der Waals surface area contributed by atoms with Crippen LogP contribution in [0.15, 0.2) is 156 Å². The molecular formula is C58H54FN13O5S2. The molecule has 2 atom stereocenters. The summed E-state index contributed by atoms with van der Waals surface area (Å²) in [5.74, 6) is -0.688. The molecule has 1 N–H and O–H groups in total.